The van der Waals surface area contributed by atoms with Crippen LogP contribution in [0.15, 0.2) is 29.4 Å². The molecule has 1 amide bonds. The highest BCUT2D eigenvalue weighted by Gasteiger charge is 2.27. The molecule has 0 saturated carbocycles. The number of rotatable bonds is 3. The third-order valence-electron chi connectivity index (χ3n) is 2.63. The van der Waals surface area contributed by atoms with Crippen LogP contribution in [0, 0.1) is 5.82 Å². The Balaban J connectivity index is 2.18. The Bertz CT molecular complexity index is 450. The molecule has 0 saturated heterocycles. The predicted octanol–water partition coefficient (Wildman–Crippen LogP) is 2.71. The van der Waals surface area contributed by atoms with Gasteiger partial charge in [-0.05, 0) is 17.7 Å². The molecule has 0 aliphatic carbocycles. The van der Waals surface area contributed by atoms with Crippen LogP contribution < -0.4 is 0 Å². The summed E-state index contributed by atoms with van der Waals surface area (Å²) >= 11 is 5.53. The van der Waals surface area contributed by atoms with Gasteiger partial charge in [0.25, 0.3) is 0 Å². The normalized spacial score (nSPS) is 18.7. The molecule has 1 aliphatic rings. The lowest BCUT2D eigenvalue weighted by Gasteiger charge is -2.21. The minimum atomic E-state index is -0.306. The summed E-state index contributed by atoms with van der Waals surface area (Å²) in [6.45, 7) is 0. The zero-order chi connectivity index (χ0) is 12.3. The summed E-state index contributed by atoms with van der Waals surface area (Å²) in [6.07, 6.45) is 2.52. The SMILES string of the molecule is O=C(CCCl)N1N=CCC1c1cccc(F)c1. The van der Waals surface area contributed by atoms with Crippen LogP contribution in [-0.4, -0.2) is 23.0 Å². The first-order valence-electron chi connectivity index (χ1n) is 5.38. The molecule has 0 bridgehead atoms. The molecule has 17 heavy (non-hydrogen) atoms. The summed E-state index contributed by atoms with van der Waals surface area (Å²) in [4.78, 5) is 11.7. The fourth-order valence-corrected chi connectivity index (χ4v) is 2.00. The van der Waals surface area contributed by atoms with E-state index in [1.54, 1.807) is 18.3 Å². The van der Waals surface area contributed by atoms with Gasteiger partial charge in [-0.25, -0.2) is 9.40 Å². The minimum absolute atomic E-state index is 0.136. The molecule has 0 N–H and O–H groups in total. The number of hydrogen-bond acceptors (Lipinski definition) is 2. The number of carbonyl (C=O) groups excluding carboxylic acids is 1. The van der Waals surface area contributed by atoms with E-state index in [4.69, 9.17) is 11.6 Å². The Kier molecular flexibility index (Phi) is 3.74. The van der Waals surface area contributed by atoms with Crippen molar-refractivity contribution in [1.82, 2.24) is 5.01 Å². The van der Waals surface area contributed by atoms with Gasteiger partial charge in [0.15, 0.2) is 0 Å². The summed E-state index contributed by atoms with van der Waals surface area (Å²) in [5.41, 5.74) is 0.755. The topological polar surface area (TPSA) is 32.7 Å². The molecule has 90 valence electrons. The maximum atomic E-state index is 13.1. The van der Waals surface area contributed by atoms with Crippen LogP contribution in [0.1, 0.15) is 24.4 Å². The Morgan fingerprint density at radius 1 is 1.59 bits per heavy atom. The lowest BCUT2D eigenvalue weighted by atomic mass is 10.0. The fourth-order valence-electron chi connectivity index (χ4n) is 1.84. The van der Waals surface area contributed by atoms with E-state index in [2.05, 4.69) is 5.10 Å². The minimum Gasteiger partial charge on any atom is -0.273 e. The van der Waals surface area contributed by atoms with Gasteiger partial charge in [-0.15, -0.1) is 11.6 Å². The number of carbonyl (C=O) groups is 1. The maximum Gasteiger partial charge on any atom is 0.244 e. The smallest absolute Gasteiger partial charge is 0.244 e. The number of amides is 1. The van der Waals surface area contributed by atoms with Gasteiger partial charge in [0.05, 0.1) is 6.04 Å². The highest BCUT2D eigenvalue weighted by Crippen LogP contribution is 2.28. The van der Waals surface area contributed by atoms with Crippen LogP contribution in [0.5, 0.6) is 0 Å². The van der Waals surface area contributed by atoms with Crippen molar-refractivity contribution in [2.45, 2.75) is 18.9 Å². The monoisotopic (exact) mass is 254 g/mol. The summed E-state index contributed by atoms with van der Waals surface area (Å²) < 4.78 is 13.1. The quantitative estimate of drug-likeness (QED) is 0.764. The lowest BCUT2D eigenvalue weighted by molar-refractivity contribution is -0.132. The number of halogens is 2. The Hall–Kier alpha value is -1.42. The number of alkyl halides is 1. The summed E-state index contributed by atoms with van der Waals surface area (Å²) in [5, 5.41) is 5.41. The molecule has 3 nitrogen and oxygen atoms in total. The van der Waals surface area contributed by atoms with Crippen LogP contribution >= 0.6 is 11.6 Å². The van der Waals surface area contributed by atoms with Crippen molar-refractivity contribution >= 4 is 23.7 Å². The van der Waals surface area contributed by atoms with Crippen molar-refractivity contribution < 1.29 is 9.18 Å². The van der Waals surface area contributed by atoms with Crippen LogP contribution in [0.2, 0.25) is 0 Å². The van der Waals surface area contributed by atoms with Gasteiger partial charge in [0.1, 0.15) is 5.82 Å². The molecule has 1 aromatic carbocycles. The first-order chi connectivity index (χ1) is 8.22. The molecule has 1 unspecified atom stereocenters. The van der Waals surface area contributed by atoms with Crippen LogP contribution in [-0.2, 0) is 4.79 Å². The second-order valence-corrected chi connectivity index (χ2v) is 4.16. The van der Waals surface area contributed by atoms with Gasteiger partial charge in [-0.2, -0.15) is 5.10 Å². The molecular weight excluding hydrogens is 243 g/mol. The van der Waals surface area contributed by atoms with E-state index in [-0.39, 0.29) is 30.1 Å². The fraction of sp³-hybridized carbons (Fsp3) is 0.333. The zero-order valence-corrected chi connectivity index (χ0v) is 9.90. The average molecular weight is 255 g/mol. The van der Waals surface area contributed by atoms with Crippen molar-refractivity contribution in [2.75, 3.05) is 5.88 Å². The van der Waals surface area contributed by atoms with Gasteiger partial charge in [-0.1, -0.05) is 12.1 Å². The lowest BCUT2D eigenvalue weighted by Crippen LogP contribution is -2.27. The molecule has 0 aromatic heterocycles. The molecule has 0 radical (unpaired) electrons. The van der Waals surface area contributed by atoms with Crippen LogP contribution in [0.3, 0.4) is 0 Å². The molecule has 1 aromatic rings. The molecule has 1 aliphatic heterocycles. The zero-order valence-electron chi connectivity index (χ0n) is 9.14. The first kappa shape index (κ1) is 12.0. The van der Waals surface area contributed by atoms with Gasteiger partial charge in [0.2, 0.25) is 5.91 Å². The van der Waals surface area contributed by atoms with E-state index in [0.717, 1.165) is 5.56 Å². The molecule has 1 atom stereocenters. The first-order valence-corrected chi connectivity index (χ1v) is 5.91. The number of benzene rings is 1. The largest absolute Gasteiger partial charge is 0.273 e. The summed E-state index contributed by atoms with van der Waals surface area (Å²) in [5.74, 6) is -0.178. The van der Waals surface area contributed by atoms with E-state index < -0.39 is 0 Å². The Morgan fingerprint density at radius 3 is 3.12 bits per heavy atom. The highest BCUT2D eigenvalue weighted by atomic mass is 35.5. The van der Waals surface area contributed by atoms with Gasteiger partial charge < -0.3 is 0 Å². The van der Waals surface area contributed by atoms with Gasteiger partial charge in [0, 0.05) is 24.9 Å². The predicted molar refractivity (Wildman–Crippen MR) is 64.4 cm³/mol. The third-order valence-corrected chi connectivity index (χ3v) is 2.82. The van der Waals surface area contributed by atoms with Crippen molar-refractivity contribution in [3.8, 4) is 0 Å². The van der Waals surface area contributed by atoms with E-state index in [0.29, 0.717) is 6.42 Å². The van der Waals surface area contributed by atoms with Crippen LogP contribution in [0.25, 0.3) is 0 Å². The van der Waals surface area contributed by atoms with E-state index in [9.17, 15) is 9.18 Å². The Morgan fingerprint density at radius 2 is 2.41 bits per heavy atom. The van der Waals surface area contributed by atoms with E-state index >= 15 is 0 Å². The van der Waals surface area contributed by atoms with Crippen molar-refractivity contribution in [2.24, 2.45) is 5.10 Å². The van der Waals surface area contributed by atoms with Crippen molar-refractivity contribution in [3.63, 3.8) is 0 Å². The second-order valence-electron chi connectivity index (χ2n) is 3.78. The molecule has 0 spiro atoms. The van der Waals surface area contributed by atoms with Gasteiger partial charge >= 0.3 is 0 Å². The average Bonchev–Trinajstić information content (AvgIpc) is 2.78. The summed E-state index contributed by atoms with van der Waals surface area (Å²) in [7, 11) is 0. The third kappa shape index (κ3) is 2.64. The van der Waals surface area contributed by atoms with E-state index in [1.807, 2.05) is 0 Å². The highest BCUT2D eigenvalue weighted by molar-refractivity contribution is 6.18. The molecular formula is C12H12ClFN2O. The number of hydrazone groups is 1. The number of hydrogen-bond donors (Lipinski definition) is 0. The summed E-state index contributed by atoms with van der Waals surface area (Å²) in [6, 6.07) is 6.03. The molecule has 1 heterocycles. The number of nitrogens with zero attached hydrogens (tertiary/aromatic N) is 2. The van der Waals surface area contributed by atoms with Crippen molar-refractivity contribution in [1.29, 1.82) is 0 Å². The van der Waals surface area contributed by atoms with E-state index in [1.165, 1.54) is 17.1 Å². The second kappa shape index (κ2) is 5.27. The molecule has 0 fully saturated rings. The standard InChI is InChI=1S/C12H12ClFN2O/c13-6-4-12(17)16-11(5-7-15-16)9-2-1-3-10(14)8-9/h1-3,7-8,11H,4-6H2. The molecule has 5 heteroatoms. The van der Waals surface area contributed by atoms with Gasteiger partial charge in [-0.3, -0.25) is 4.79 Å². The maximum absolute atomic E-state index is 13.1. The molecule has 2 rings (SSSR count). The Labute approximate surface area is 104 Å². The van der Waals surface area contributed by atoms with Crippen molar-refractivity contribution in [3.05, 3.63) is 35.6 Å². The van der Waals surface area contributed by atoms with Crippen LogP contribution in [0.4, 0.5) is 4.39 Å².